The molecule has 15 heavy (non-hydrogen) atoms. The molecule has 0 aliphatic carbocycles. The highest BCUT2D eigenvalue weighted by molar-refractivity contribution is 5.90. The third-order valence-corrected chi connectivity index (χ3v) is 1.64. The van der Waals surface area contributed by atoms with Crippen molar-refractivity contribution in [1.29, 1.82) is 0 Å². The fourth-order valence-electron chi connectivity index (χ4n) is 0.807. The third kappa shape index (κ3) is 3.37. The fraction of sp³-hybridized carbons (Fsp3) is 0.500. The van der Waals surface area contributed by atoms with Gasteiger partial charge in [0.25, 0.3) is 0 Å². The van der Waals surface area contributed by atoms with Crippen LogP contribution in [0.15, 0.2) is 0 Å². The largest absolute Gasteiger partial charge is 0.295 e. The van der Waals surface area contributed by atoms with Crippen LogP contribution in [0.3, 0.4) is 0 Å². The predicted molar refractivity (Wildman–Crippen MR) is 54.2 cm³/mol. The summed E-state index contributed by atoms with van der Waals surface area (Å²) in [6.07, 6.45) is 0.711. The lowest BCUT2D eigenvalue weighted by molar-refractivity contribution is -0.116. The zero-order valence-electron chi connectivity index (χ0n) is 8.63. The fourth-order valence-corrected chi connectivity index (χ4v) is 0.807. The SMILES string of the molecule is CCC(=O)Nc1n[nH]c(NC(=O)CC)n1. The van der Waals surface area contributed by atoms with Crippen LogP contribution in [0.25, 0.3) is 0 Å². The van der Waals surface area contributed by atoms with Gasteiger partial charge in [0.2, 0.25) is 23.7 Å². The molecule has 0 aliphatic rings. The van der Waals surface area contributed by atoms with E-state index in [1.807, 2.05) is 0 Å². The molecule has 1 heterocycles. The number of hydrogen-bond donors (Lipinski definition) is 3. The van der Waals surface area contributed by atoms with Gasteiger partial charge in [-0.05, 0) is 0 Å². The number of anilines is 2. The molecule has 0 saturated heterocycles. The Labute approximate surface area is 86.7 Å². The van der Waals surface area contributed by atoms with Crippen molar-refractivity contribution in [1.82, 2.24) is 15.2 Å². The van der Waals surface area contributed by atoms with Gasteiger partial charge in [-0.25, -0.2) is 5.10 Å². The summed E-state index contributed by atoms with van der Waals surface area (Å²) in [6, 6.07) is 0. The molecule has 0 unspecified atom stereocenters. The lowest BCUT2D eigenvalue weighted by Gasteiger charge is -1.96. The molecule has 7 heteroatoms. The maximum atomic E-state index is 11.0. The van der Waals surface area contributed by atoms with Gasteiger partial charge in [0.1, 0.15) is 0 Å². The second-order valence-corrected chi connectivity index (χ2v) is 2.81. The Morgan fingerprint density at radius 2 is 1.80 bits per heavy atom. The Bertz CT molecular complexity index is 327. The number of H-pyrrole nitrogens is 1. The summed E-state index contributed by atoms with van der Waals surface area (Å²) in [4.78, 5) is 25.8. The summed E-state index contributed by atoms with van der Waals surface area (Å²) in [6.45, 7) is 3.45. The van der Waals surface area contributed by atoms with Crippen LogP contribution in [-0.2, 0) is 9.59 Å². The van der Waals surface area contributed by atoms with Gasteiger partial charge in [0.15, 0.2) is 0 Å². The summed E-state index contributed by atoms with van der Waals surface area (Å²) >= 11 is 0. The minimum atomic E-state index is -0.178. The Morgan fingerprint density at radius 3 is 2.40 bits per heavy atom. The van der Waals surface area contributed by atoms with E-state index < -0.39 is 0 Å². The Kier molecular flexibility index (Phi) is 3.78. The highest BCUT2D eigenvalue weighted by atomic mass is 16.2. The van der Waals surface area contributed by atoms with E-state index >= 15 is 0 Å². The maximum absolute atomic E-state index is 11.0. The van der Waals surface area contributed by atoms with E-state index in [0.29, 0.717) is 12.8 Å². The zero-order chi connectivity index (χ0) is 11.3. The van der Waals surface area contributed by atoms with Crippen molar-refractivity contribution in [2.45, 2.75) is 26.7 Å². The number of carbonyl (C=O) groups excluding carboxylic acids is 2. The minimum absolute atomic E-state index is 0.160. The molecule has 7 nitrogen and oxygen atoms in total. The molecule has 82 valence electrons. The van der Waals surface area contributed by atoms with E-state index in [9.17, 15) is 9.59 Å². The number of hydrogen-bond acceptors (Lipinski definition) is 4. The van der Waals surface area contributed by atoms with Crippen molar-refractivity contribution >= 4 is 23.7 Å². The van der Waals surface area contributed by atoms with Gasteiger partial charge >= 0.3 is 0 Å². The second-order valence-electron chi connectivity index (χ2n) is 2.81. The second kappa shape index (κ2) is 5.08. The van der Waals surface area contributed by atoms with E-state index in [-0.39, 0.29) is 23.7 Å². The molecule has 0 saturated carbocycles. The normalized spacial score (nSPS) is 9.73. The van der Waals surface area contributed by atoms with Crippen LogP contribution in [0.2, 0.25) is 0 Å². The van der Waals surface area contributed by atoms with Crippen molar-refractivity contribution in [3.8, 4) is 0 Å². The zero-order valence-corrected chi connectivity index (χ0v) is 8.63. The number of aromatic nitrogens is 3. The van der Waals surface area contributed by atoms with E-state index in [1.165, 1.54) is 0 Å². The molecule has 1 aromatic heterocycles. The molecule has 0 aromatic carbocycles. The Hall–Kier alpha value is -1.92. The number of rotatable bonds is 4. The summed E-state index contributed by atoms with van der Waals surface area (Å²) < 4.78 is 0. The van der Waals surface area contributed by atoms with Crippen LogP contribution in [0.4, 0.5) is 11.9 Å². The van der Waals surface area contributed by atoms with E-state index in [0.717, 1.165) is 0 Å². The summed E-state index contributed by atoms with van der Waals surface area (Å²) in [5.74, 6) is 0.0448. The molecular weight excluding hydrogens is 198 g/mol. The van der Waals surface area contributed by atoms with Crippen LogP contribution in [0, 0.1) is 0 Å². The maximum Gasteiger partial charge on any atom is 0.250 e. The predicted octanol–water partition coefficient (Wildman–Crippen LogP) is 0.502. The van der Waals surface area contributed by atoms with Gasteiger partial charge in [-0.1, -0.05) is 13.8 Å². The van der Waals surface area contributed by atoms with Crippen LogP contribution < -0.4 is 10.6 Å². The quantitative estimate of drug-likeness (QED) is 0.675. The van der Waals surface area contributed by atoms with Crippen LogP contribution in [0.5, 0.6) is 0 Å². The van der Waals surface area contributed by atoms with E-state index in [4.69, 9.17) is 0 Å². The van der Waals surface area contributed by atoms with Crippen molar-refractivity contribution < 1.29 is 9.59 Å². The topological polar surface area (TPSA) is 99.8 Å². The van der Waals surface area contributed by atoms with Crippen molar-refractivity contribution in [3.05, 3.63) is 0 Å². The first-order valence-electron chi connectivity index (χ1n) is 4.67. The van der Waals surface area contributed by atoms with Crippen LogP contribution >= 0.6 is 0 Å². The van der Waals surface area contributed by atoms with E-state index in [1.54, 1.807) is 13.8 Å². The number of amides is 2. The summed E-state index contributed by atoms with van der Waals surface area (Å²) in [5.41, 5.74) is 0. The van der Waals surface area contributed by atoms with Gasteiger partial charge in [-0.3, -0.25) is 20.2 Å². The Balaban J connectivity index is 2.56. The molecule has 0 spiro atoms. The molecule has 2 amide bonds. The minimum Gasteiger partial charge on any atom is -0.295 e. The Morgan fingerprint density at radius 1 is 1.20 bits per heavy atom. The van der Waals surface area contributed by atoms with E-state index in [2.05, 4.69) is 25.8 Å². The van der Waals surface area contributed by atoms with Crippen LogP contribution in [-0.4, -0.2) is 27.0 Å². The van der Waals surface area contributed by atoms with Gasteiger partial charge in [0.05, 0.1) is 0 Å². The molecule has 1 aromatic rings. The standard InChI is InChI=1S/C8H13N5O2/c1-3-5(14)9-7-11-8(13-12-7)10-6(15)4-2/h3-4H2,1-2H3,(H3,9,10,11,12,13,14,15). The summed E-state index contributed by atoms with van der Waals surface area (Å²) in [7, 11) is 0. The first kappa shape index (κ1) is 11.2. The molecule has 0 aliphatic heterocycles. The lowest BCUT2D eigenvalue weighted by Crippen LogP contribution is -2.12. The smallest absolute Gasteiger partial charge is 0.250 e. The van der Waals surface area contributed by atoms with Gasteiger partial charge < -0.3 is 0 Å². The van der Waals surface area contributed by atoms with Gasteiger partial charge in [-0.2, -0.15) is 4.98 Å². The number of nitrogens with zero attached hydrogens (tertiary/aromatic N) is 2. The molecule has 0 bridgehead atoms. The molecule has 1 rings (SSSR count). The molecule has 0 atom stereocenters. The monoisotopic (exact) mass is 211 g/mol. The van der Waals surface area contributed by atoms with Crippen molar-refractivity contribution in [2.75, 3.05) is 10.6 Å². The molecular formula is C8H13N5O2. The highest BCUT2D eigenvalue weighted by Gasteiger charge is 2.07. The number of carbonyl (C=O) groups is 2. The summed E-state index contributed by atoms with van der Waals surface area (Å²) in [5, 5.41) is 11.1. The first-order chi connectivity index (χ1) is 7.15. The average Bonchev–Trinajstić information content (AvgIpc) is 2.65. The average molecular weight is 211 g/mol. The van der Waals surface area contributed by atoms with Gasteiger partial charge in [0, 0.05) is 12.8 Å². The van der Waals surface area contributed by atoms with Crippen LogP contribution in [0.1, 0.15) is 26.7 Å². The molecule has 3 N–H and O–H groups in total. The highest BCUT2D eigenvalue weighted by Crippen LogP contribution is 2.03. The third-order valence-electron chi connectivity index (χ3n) is 1.64. The molecule has 0 radical (unpaired) electrons. The van der Waals surface area contributed by atoms with Crippen molar-refractivity contribution in [2.24, 2.45) is 0 Å². The lowest BCUT2D eigenvalue weighted by atomic mass is 10.5. The first-order valence-corrected chi connectivity index (χ1v) is 4.67. The van der Waals surface area contributed by atoms with Crippen molar-refractivity contribution in [3.63, 3.8) is 0 Å². The number of aromatic amines is 1. The van der Waals surface area contributed by atoms with Gasteiger partial charge in [-0.15, -0.1) is 5.10 Å². The molecule has 0 fully saturated rings. The number of nitrogens with one attached hydrogen (secondary N) is 3.